The quantitative estimate of drug-likeness (QED) is 0.696. The molecule has 0 saturated heterocycles. The van der Waals surface area contributed by atoms with Crippen LogP contribution in [0, 0.1) is 22.2 Å². The summed E-state index contributed by atoms with van der Waals surface area (Å²) in [6.45, 7) is 4.97. The Kier molecular flexibility index (Phi) is 2.07. The van der Waals surface area contributed by atoms with Crippen LogP contribution in [0.5, 0.6) is 0 Å². The Labute approximate surface area is 112 Å². The lowest BCUT2D eigenvalue weighted by Crippen LogP contribution is -2.24. The Bertz CT molecular complexity index is 371. The lowest BCUT2D eigenvalue weighted by atomic mass is 9.75. The Morgan fingerprint density at radius 2 is 1.50 bits per heavy atom. The Balaban J connectivity index is 1.70. The van der Waals surface area contributed by atoms with E-state index in [2.05, 4.69) is 13.8 Å². The van der Waals surface area contributed by atoms with Gasteiger partial charge in [-0.2, -0.15) is 0 Å². The molecule has 4 aliphatic carbocycles. The van der Waals surface area contributed by atoms with Gasteiger partial charge in [0, 0.05) is 18.4 Å². The van der Waals surface area contributed by atoms with Crippen LogP contribution >= 0.6 is 0 Å². The van der Waals surface area contributed by atoms with Crippen molar-refractivity contribution in [1.29, 1.82) is 0 Å². The van der Waals surface area contributed by atoms with Gasteiger partial charge in [-0.1, -0.05) is 19.8 Å². The molecule has 1 spiro atoms. The summed E-state index contributed by atoms with van der Waals surface area (Å²) in [6, 6.07) is 0. The van der Waals surface area contributed by atoms with Crippen LogP contribution in [0.3, 0.4) is 0 Å². The molecule has 18 heavy (non-hydrogen) atoms. The molecule has 2 atom stereocenters. The van der Waals surface area contributed by atoms with E-state index in [4.69, 9.17) is 4.74 Å². The van der Waals surface area contributed by atoms with Gasteiger partial charge in [-0.05, 0) is 62.7 Å². The molecule has 0 aliphatic heterocycles. The first kappa shape index (κ1) is 11.8. The highest BCUT2D eigenvalue weighted by Gasteiger charge is 2.81. The molecule has 0 N–H and O–H groups in total. The molecule has 4 aliphatic rings. The average molecular weight is 248 g/mol. The van der Waals surface area contributed by atoms with Gasteiger partial charge in [0.1, 0.15) is 0 Å². The fraction of sp³-hybridized carbons (Fsp3) is 1.00. The van der Waals surface area contributed by atoms with Crippen LogP contribution in [0.15, 0.2) is 0 Å². The van der Waals surface area contributed by atoms with Crippen molar-refractivity contribution in [2.24, 2.45) is 22.2 Å². The Morgan fingerprint density at radius 3 is 1.94 bits per heavy atom. The second-order valence-corrected chi connectivity index (χ2v) is 8.46. The topological polar surface area (TPSA) is 9.23 Å². The van der Waals surface area contributed by atoms with Gasteiger partial charge in [0.15, 0.2) is 0 Å². The molecule has 1 nitrogen and oxygen atoms in total. The SMILES string of the molecule is CO[C@@]1(C)[C@@H](C23CCC(C)(CC2)C3)C12CCCC2. The van der Waals surface area contributed by atoms with Gasteiger partial charge in [-0.25, -0.2) is 0 Å². The van der Waals surface area contributed by atoms with Crippen molar-refractivity contribution in [1.82, 2.24) is 0 Å². The predicted molar refractivity (Wildman–Crippen MR) is 73.4 cm³/mol. The number of hydrogen-bond acceptors (Lipinski definition) is 1. The maximum Gasteiger partial charge on any atom is 0.0750 e. The summed E-state index contributed by atoms with van der Waals surface area (Å²) in [6.07, 6.45) is 13.3. The molecule has 0 aromatic rings. The van der Waals surface area contributed by atoms with Gasteiger partial charge in [0.25, 0.3) is 0 Å². The fourth-order valence-electron chi connectivity index (χ4n) is 6.96. The van der Waals surface area contributed by atoms with Crippen LogP contribution in [-0.2, 0) is 4.74 Å². The summed E-state index contributed by atoms with van der Waals surface area (Å²) in [7, 11) is 1.97. The molecule has 4 saturated carbocycles. The normalized spacial score (nSPS) is 56.5. The highest BCUT2D eigenvalue weighted by molar-refractivity contribution is 5.30. The molecule has 0 aromatic heterocycles. The third-order valence-electron chi connectivity index (χ3n) is 7.77. The minimum Gasteiger partial charge on any atom is -0.378 e. The lowest BCUT2D eigenvalue weighted by Gasteiger charge is -2.29. The first-order chi connectivity index (χ1) is 8.51. The standard InChI is InChI=1S/C17H28O/c1-14-8-10-16(12-14,11-9-14)13-15(2,18-3)17(13)6-4-5-7-17/h13H,4-12H2,1-3H3/t13-,14?,15-,16?/m0/s1. The second kappa shape index (κ2) is 3.16. The third-order valence-corrected chi connectivity index (χ3v) is 7.77. The van der Waals surface area contributed by atoms with E-state index in [0.717, 1.165) is 5.92 Å². The molecule has 4 rings (SSSR count). The zero-order valence-corrected chi connectivity index (χ0v) is 12.3. The summed E-state index contributed by atoms with van der Waals surface area (Å²) >= 11 is 0. The van der Waals surface area contributed by atoms with Gasteiger partial charge >= 0.3 is 0 Å². The summed E-state index contributed by atoms with van der Waals surface area (Å²) in [5.41, 5.74) is 2.16. The highest BCUT2D eigenvalue weighted by Crippen LogP contribution is 2.82. The molecule has 4 fully saturated rings. The monoisotopic (exact) mass is 248 g/mol. The third kappa shape index (κ3) is 1.10. The van der Waals surface area contributed by atoms with E-state index in [1.54, 1.807) is 0 Å². The maximum absolute atomic E-state index is 6.09. The molecule has 102 valence electrons. The van der Waals surface area contributed by atoms with Crippen molar-refractivity contribution < 1.29 is 4.74 Å². The van der Waals surface area contributed by atoms with Crippen LogP contribution in [0.2, 0.25) is 0 Å². The Morgan fingerprint density at radius 1 is 0.889 bits per heavy atom. The molecule has 2 bridgehead atoms. The molecule has 0 amide bonds. The largest absolute Gasteiger partial charge is 0.378 e. The fourth-order valence-corrected chi connectivity index (χ4v) is 6.96. The summed E-state index contributed by atoms with van der Waals surface area (Å²) in [5, 5.41) is 0. The van der Waals surface area contributed by atoms with Gasteiger partial charge < -0.3 is 4.74 Å². The van der Waals surface area contributed by atoms with Crippen molar-refractivity contribution >= 4 is 0 Å². The number of fused-ring (bicyclic) bond motifs is 2. The number of hydrogen-bond donors (Lipinski definition) is 0. The van der Waals surface area contributed by atoms with Crippen molar-refractivity contribution in [2.75, 3.05) is 7.11 Å². The summed E-state index contributed by atoms with van der Waals surface area (Å²) in [5.74, 6) is 0.884. The van der Waals surface area contributed by atoms with E-state index in [1.807, 2.05) is 7.11 Å². The summed E-state index contributed by atoms with van der Waals surface area (Å²) in [4.78, 5) is 0. The molecular weight excluding hydrogens is 220 g/mol. The number of methoxy groups -OCH3 is 1. The first-order valence-corrected chi connectivity index (χ1v) is 8.06. The smallest absolute Gasteiger partial charge is 0.0750 e. The van der Waals surface area contributed by atoms with Crippen molar-refractivity contribution in [3.8, 4) is 0 Å². The van der Waals surface area contributed by atoms with Crippen molar-refractivity contribution in [3.63, 3.8) is 0 Å². The average Bonchev–Trinajstić information content (AvgIpc) is 2.83. The second-order valence-electron chi connectivity index (χ2n) is 8.46. The van der Waals surface area contributed by atoms with Gasteiger partial charge in [-0.15, -0.1) is 0 Å². The van der Waals surface area contributed by atoms with Crippen LogP contribution in [0.1, 0.15) is 71.6 Å². The Hall–Kier alpha value is -0.0400. The van der Waals surface area contributed by atoms with Crippen LogP contribution in [0.25, 0.3) is 0 Å². The number of ether oxygens (including phenoxy) is 1. The number of rotatable bonds is 2. The molecule has 0 unspecified atom stereocenters. The summed E-state index contributed by atoms with van der Waals surface area (Å²) < 4.78 is 6.09. The van der Waals surface area contributed by atoms with E-state index >= 15 is 0 Å². The molecule has 0 aromatic carbocycles. The van der Waals surface area contributed by atoms with Crippen molar-refractivity contribution in [2.45, 2.75) is 77.2 Å². The van der Waals surface area contributed by atoms with E-state index in [-0.39, 0.29) is 5.60 Å². The van der Waals surface area contributed by atoms with Crippen LogP contribution < -0.4 is 0 Å². The van der Waals surface area contributed by atoms with E-state index in [9.17, 15) is 0 Å². The zero-order valence-electron chi connectivity index (χ0n) is 12.3. The lowest BCUT2D eigenvalue weighted by molar-refractivity contribution is 0.0378. The first-order valence-electron chi connectivity index (χ1n) is 8.06. The maximum atomic E-state index is 6.09. The van der Waals surface area contributed by atoms with Crippen LogP contribution in [-0.4, -0.2) is 12.7 Å². The van der Waals surface area contributed by atoms with Gasteiger partial charge in [0.05, 0.1) is 5.60 Å². The highest BCUT2D eigenvalue weighted by atomic mass is 16.5. The predicted octanol–water partition coefficient (Wildman–Crippen LogP) is 4.55. The molecule has 0 radical (unpaired) electrons. The van der Waals surface area contributed by atoms with Crippen molar-refractivity contribution in [3.05, 3.63) is 0 Å². The van der Waals surface area contributed by atoms with E-state index < -0.39 is 0 Å². The van der Waals surface area contributed by atoms with Crippen LogP contribution in [0.4, 0.5) is 0 Å². The molecular formula is C17H28O. The van der Waals surface area contributed by atoms with Gasteiger partial charge in [0.2, 0.25) is 0 Å². The van der Waals surface area contributed by atoms with Gasteiger partial charge in [-0.3, -0.25) is 0 Å². The zero-order chi connectivity index (χ0) is 12.6. The van der Waals surface area contributed by atoms with E-state index in [1.165, 1.54) is 57.8 Å². The molecule has 0 heterocycles. The molecule has 1 heteroatoms. The minimum atomic E-state index is 0.221. The minimum absolute atomic E-state index is 0.221. The van der Waals surface area contributed by atoms with E-state index in [0.29, 0.717) is 16.2 Å².